The largest absolute Gasteiger partial charge is 0.368 e. The van der Waals surface area contributed by atoms with E-state index in [2.05, 4.69) is 44.6 Å². The molecule has 1 aliphatic rings. The Morgan fingerprint density at radius 1 is 1.33 bits per heavy atom. The zero-order valence-corrected chi connectivity index (χ0v) is 16.0. The fourth-order valence-electron chi connectivity index (χ4n) is 3.45. The highest BCUT2D eigenvalue weighted by Crippen LogP contribution is 2.47. The van der Waals surface area contributed by atoms with Gasteiger partial charge in [0.1, 0.15) is 6.23 Å². The van der Waals surface area contributed by atoms with Crippen molar-refractivity contribution < 1.29 is 4.74 Å². The highest BCUT2D eigenvalue weighted by Gasteiger charge is 2.45. The van der Waals surface area contributed by atoms with Gasteiger partial charge in [0.2, 0.25) is 5.95 Å². The molecule has 1 saturated heterocycles. The first-order valence-electron chi connectivity index (χ1n) is 8.40. The Bertz CT molecular complexity index is 818. The van der Waals surface area contributed by atoms with Gasteiger partial charge in [0.05, 0.1) is 16.5 Å². The fraction of sp³-hybridized carbons (Fsp3) is 0.706. The predicted octanol–water partition coefficient (Wildman–Crippen LogP) is 3.35. The molecule has 0 spiro atoms. The number of rotatable bonds is 2. The Labute approximate surface area is 146 Å². The molecule has 2 aromatic rings. The number of anilines is 1. The molecule has 2 N–H and O–H groups in total. The van der Waals surface area contributed by atoms with Crippen LogP contribution in [-0.4, -0.2) is 20.6 Å². The second-order valence-electron chi connectivity index (χ2n) is 8.08. The van der Waals surface area contributed by atoms with Crippen molar-refractivity contribution in [2.45, 2.75) is 60.3 Å². The molecule has 0 aliphatic carbocycles. The summed E-state index contributed by atoms with van der Waals surface area (Å²) in [6.07, 6.45) is 0.767. The maximum absolute atomic E-state index is 12.7. The van der Waals surface area contributed by atoms with Gasteiger partial charge in [-0.3, -0.25) is 9.36 Å². The van der Waals surface area contributed by atoms with Crippen LogP contribution in [0.25, 0.3) is 10.3 Å². The molecule has 7 heteroatoms. The van der Waals surface area contributed by atoms with Crippen molar-refractivity contribution in [2.75, 3.05) is 5.73 Å². The van der Waals surface area contributed by atoms with E-state index in [1.165, 1.54) is 11.3 Å². The zero-order chi connectivity index (χ0) is 17.8. The van der Waals surface area contributed by atoms with E-state index in [9.17, 15) is 4.79 Å². The maximum Gasteiger partial charge on any atom is 0.311 e. The van der Waals surface area contributed by atoms with Crippen molar-refractivity contribution in [3.63, 3.8) is 0 Å². The van der Waals surface area contributed by atoms with E-state index in [-0.39, 0.29) is 34.5 Å². The molecule has 132 valence electrons. The van der Waals surface area contributed by atoms with Gasteiger partial charge in [-0.2, -0.15) is 4.98 Å². The molecule has 3 atom stereocenters. The van der Waals surface area contributed by atoms with E-state index >= 15 is 0 Å². The van der Waals surface area contributed by atoms with Crippen LogP contribution in [0.15, 0.2) is 4.79 Å². The summed E-state index contributed by atoms with van der Waals surface area (Å²) in [5, 5.41) is 0. The summed E-state index contributed by atoms with van der Waals surface area (Å²) in [5.41, 5.74) is 7.18. The number of nitrogens with two attached hydrogens (primary N) is 1. The first-order chi connectivity index (χ1) is 11.1. The van der Waals surface area contributed by atoms with Gasteiger partial charge in [-0.1, -0.05) is 46.0 Å². The second-order valence-corrected chi connectivity index (χ2v) is 9.04. The van der Waals surface area contributed by atoms with Gasteiger partial charge >= 0.3 is 4.87 Å². The van der Waals surface area contributed by atoms with Crippen molar-refractivity contribution >= 4 is 27.6 Å². The van der Waals surface area contributed by atoms with Crippen molar-refractivity contribution in [2.24, 2.45) is 17.3 Å². The van der Waals surface area contributed by atoms with Crippen LogP contribution in [0.4, 0.5) is 5.95 Å². The number of ether oxygens (including phenoxy) is 1. The molecule has 0 amide bonds. The third kappa shape index (κ3) is 2.84. The van der Waals surface area contributed by atoms with Crippen LogP contribution in [0.2, 0.25) is 0 Å². The summed E-state index contributed by atoms with van der Waals surface area (Å²) in [4.78, 5) is 21.2. The lowest BCUT2D eigenvalue weighted by molar-refractivity contribution is -0.0426. The number of hydrogen-bond donors (Lipinski definition) is 1. The zero-order valence-electron chi connectivity index (χ0n) is 15.2. The van der Waals surface area contributed by atoms with Crippen molar-refractivity contribution in [3.8, 4) is 0 Å². The Hall–Kier alpha value is -1.47. The number of fused-ring (bicyclic) bond motifs is 1. The van der Waals surface area contributed by atoms with E-state index in [0.29, 0.717) is 11.6 Å². The van der Waals surface area contributed by atoms with Gasteiger partial charge in [0.25, 0.3) is 0 Å². The molecule has 1 aliphatic heterocycles. The maximum atomic E-state index is 12.7. The third-order valence-corrected chi connectivity index (χ3v) is 5.96. The number of aryl methyl sites for hydroxylation is 1. The van der Waals surface area contributed by atoms with Gasteiger partial charge in [-0.15, -0.1) is 0 Å². The molecule has 0 radical (unpaired) electrons. The minimum atomic E-state index is -0.313. The quantitative estimate of drug-likeness (QED) is 0.898. The molecule has 2 unspecified atom stereocenters. The molecule has 0 aromatic carbocycles. The topological polar surface area (TPSA) is 83.0 Å². The molecule has 0 saturated carbocycles. The minimum absolute atomic E-state index is 0.0234. The molecule has 3 heterocycles. The summed E-state index contributed by atoms with van der Waals surface area (Å²) in [6.45, 7) is 12.8. The normalized spacial score (nSPS) is 25.0. The number of thiazole rings is 1. The second kappa shape index (κ2) is 5.81. The molecule has 24 heavy (non-hydrogen) atoms. The van der Waals surface area contributed by atoms with E-state index in [4.69, 9.17) is 10.5 Å². The van der Waals surface area contributed by atoms with Gasteiger partial charge < -0.3 is 10.5 Å². The van der Waals surface area contributed by atoms with Crippen LogP contribution in [0, 0.1) is 24.2 Å². The molecular weight excluding hydrogens is 324 g/mol. The smallest absolute Gasteiger partial charge is 0.311 e. The average molecular weight is 350 g/mol. The van der Waals surface area contributed by atoms with Crippen LogP contribution < -0.4 is 10.6 Å². The van der Waals surface area contributed by atoms with Crippen LogP contribution in [0.3, 0.4) is 0 Å². The Morgan fingerprint density at radius 3 is 2.58 bits per heavy atom. The lowest BCUT2D eigenvalue weighted by Gasteiger charge is -2.31. The van der Waals surface area contributed by atoms with Gasteiger partial charge in [-0.25, -0.2) is 4.98 Å². The number of nitrogens with zero attached hydrogens (tertiary/aromatic N) is 3. The van der Waals surface area contributed by atoms with Crippen molar-refractivity contribution in [1.82, 2.24) is 14.5 Å². The number of hydrogen-bond acceptors (Lipinski definition) is 6. The standard InChI is InChI=1S/C17H26N4O2S/c1-8(2)11-7-10(17(4,5)6)14(23-11)21-13-12(24-16(21)22)9(3)19-15(18)20-13/h8,10-11,14H,7H2,1-6H3,(H2,18,19,20)/t10?,11-,14?/m0/s1. The molecule has 2 aromatic heterocycles. The first kappa shape index (κ1) is 17.4. The van der Waals surface area contributed by atoms with Crippen LogP contribution in [0.5, 0.6) is 0 Å². The fourth-order valence-corrected chi connectivity index (χ4v) is 4.34. The number of nitrogen functional groups attached to an aromatic ring is 1. The average Bonchev–Trinajstić information content (AvgIpc) is 2.99. The van der Waals surface area contributed by atoms with Gasteiger partial charge in [0.15, 0.2) is 5.65 Å². The molecular formula is C17H26N4O2S. The summed E-state index contributed by atoms with van der Waals surface area (Å²) in [7, 11) is 0. The van der Waals surface area contributed by atoms with Crippen LogP contribution >= 0.6 is 11.3 Å². The van der Waals surface area contributed by atoms with Crippen molar-refractivity contribution in [1.29, 1.82) is 0 Å². The monoisotopic (exact) mass is 350 g/mol. The van der Waals surface area contributed by atoms with Gasteiger partial charge in [0, 0.05) is 5.92 Å². The van der Waals surface area contributed by atoms with E-state index in [0.717, 1.165) is 16.8 Å². The highest BCUT2D eigenvalue weighted by atomic mass is 32.1. The predicted molar refractivity (Wildman–Crippen MR) is 97.1 cm³/mol. The molecule has 0 bridgehead atoms. The summed E-state index contributed by atoms with van der Waals surface area (Å²) in [6, 6.07) is 0. The lowest BCUT2D eigenvalue weighted by atomic mass is 9.77. The first-order valence-corrected chi connectivity index (χ1v) is 9.22. The summed E-state index contributed by atoms with van der Waals surface area (Å²) >= 11 is 1.17. The summed E-state index contributed by atoms with van der Waals surface area (Å²) < 4.78 is 8.83. The summed E-state index contributed by atoms with van der Waals surface area (Å²) in [5.74, 6) is 0.830. The number of aromatic nitrogens is 3. The van der Waals surface area contributed by atoms with Crippen LogP contribution in [0.1, 0.15) is 53.0 Å². The Balaban J connectivity index is 2.18. The SMILES string of the molecule is Cc1nc(N)nc2c1sc(=O)n2C1O[C@H](C(C)C)CC1C(C)(C)C. The van der Waals surface area contributed by atoms with Crippen LogP contribution in [-0.2, 0) is 4.74 Å². The van der Waals surface area contributed by atoms with E-state index < -0.39 is 0 Å². The highest BCUT2D eigenvalue weighted by molar-refractivity contribution is 7.16. The molecule has 1 fully saturated rings. The van der Waals surface area contributed by atoms with E-state index in [1.807, 2.05) is 6.92 Å². The Kier molecular flexibility index (Phi) is 4.20. The Morgan fingerprint density at radius 2 is 2.00 bits per heavy atom. The minimum Gasteiger partial charge on any atom is -0.368 e. The lowest BCUT2D eigenvalue weighted by Crippen LogP contribution is -2.31. The third-order valence-electron chi connectivity index (χ3n) is 4.90. The van der Waals surface area contributed by atoms with Crippen molar-refractivity contribution in [3.05, 3.63) is 15.4 Å². The molecule has 3 rings (SSSR count). The van der Waals surface area contributed by atoms with E-state index in [1.54, 1.807) is 4.57 Å². The molecule has 6 nitrogen and oxygen atoms in total. The van der Waals surface area contributed by atoms with Gasteiger partial charge in [-0.05, 0) is 24.7 Å².